The van der Waals surface area contributed by atoms with Crippen LogP contribution in [0.2, 0.25) is 0 Å². The van der Waals surface area contributed by atoms with E-state index in [-0.39, 0.29) is 0 Å². The minimum absolute atomic E-state index is 1.09. The summed E-state index contributed by atoms with van der Waals surface area (Å²) in [4.78, 5) is 0. The van der Waals surface area contributed by atoms with Crippen molar-refractivity contribution in [2.45, 2.75) is 26.2 Å². The summed E-state index contributed by atoms with van der Waals surface area (Å²) < 4.78 is 0. The standard InChI is InChI=1S/C23H23N/c1-17-16-20(21-14-8-9-15-24-21)23(19-12-6-3-7-13-19)22(17)18-10-4-2-5-11-18/h2-7,10-13,16,24H,8-9,14-15H2,1H3. The smallest absolute Gasteiger partial charge is 0.0187 e. The minimum atomic E-state index is 1.09. The molecule has 1 fully saturated rings. The first-order chi connectivity index (χ1) is 11.8. The Morgan fingerprint density at radius 1 is 0.750 bits per heavy atom. The van der Waals surface area contributed by atoms with E-state index in [9.17, 15) is 0 Å². The molecule has 1 N–H and O–H groups in total. The summed E-state index contributed by atoms with van der Waals surface area (Å²) in [6.45, 7) is 3.33. The van der Waals surface area contributed by atoms with E-state index in [0.717, 1.165) is 13.0 Å². The van der Waals surface area contributed by atoms with Gasteiger partial charge in [0.15, 0.2) is 0 Å². The summed E-state index contributed by atoms with van der Waals surface area (Å²) in [6.07, 6.45) is 6.08. The Labute approximate surface area is 144 Å². The number of allylic oxidation sites excluding steroid dienone is 6. The fraction of sp³-hybridized carbons (Fsp3) is 0.217. The Kier molecular flexibility index (Phi) is 4.08. The van der Waals surface area contributed by atoms with Crippen LogP contribution >= 0.6 is 0 Å². The molecule has 1 saturated heterocycles. The molecule has 120 valence electrons. The minimum Gasteiger partial charge on any atom is -0.388 e. The van der Waals surface area contributed by atoms with Gasteiger partial charge in [0.25, 0.3) is 0 Å². The van der Waals surface area contributed by atoms with Gasteiger partial charge in [-0.1, -0.05) is 60.7 Å². The van der Waals surface area contributed by atoms with Gasteiger partial charge in [-0.05, 0) is 60.1 Å². The van der Waals surface area contributed by atoms with Gasteiger partial charge in [-0.2, -0.15) is 0 Å². The van der Waals surface area contributed by atoms with Crippen LogP contribution in [-0.4, -0.2) is 6.54 Å². The first kappa shape index (κ1) is 15.0. The van der Waals surface area contributed by atoms with E-state index in [1.807, 2.05) is 0 Å². The highest BCUT2D eigenvalue weighted by atomic mass is 14.9. The third-order valence-corrected chi connectivity index (χ3v) is 4.92. The van der Waals surface area contributed by atoms with E-state index in [0.29, 0.717) is 0 Å². The molecule has 0 spiro atoms. The summed E-state index contributed by atoms with van der Waals surface area (Å²) >= 11 is 0. The van der Waals surface area contributed by atoms with E-state index in [2.05, 4.69) is 79.0 Å². The van der Waals surface area contributed by atoms with Crippen molar-refractivity contribution in [1.29, 1.82) is 0 Å². The molecule has 0 radical (unpaired) electrons. The van der Waals surface area contributed by atoms with Crippen molar-refractivity contribution >= 4 is 11.1 Å². The van der Waals surface area contributed by atoms with E-state index in [1.54, 1.807) is 0 Å². The van der Waals surface area contributed by atoms with Gasteiger partial charge in [0.2, 0.25) is 0 Å². The lowest BCUT2D eigenvalue weighted by molar-refractivity contribution is 0.585. The second-order valence-corrected chi connectivity index (χ2v) is 6.59. The summed E-state index contributed by atoms with van der Waals surface area (Å²) in [5.41, 5.74) is 9.51. The Bertz CT molecular complexity index is 815. The van der Waals surface area contributed by atoms with Crippen LogP contribution in [-0.2, 0) is 0 Å². The Morgan fingerprint density at radius 2 is 1.38 bits per heavy atom. The molecule has 1 aliphatic carbocycles. The van der Waals surface area contributed by atoms with Crippen LogP contribution < -0.4 is 5.32 Å². The van der Waals surface area contributed by atoms with Crippen molar-refractivity contribution in [2.75, 3.05) is 6.54 Å². The largest absolute Gasteiger partial charge is 0.388 e. The van der Waals surface area contributed by atoms with Crippen LogP contribution in [0.4, 0.5) is 0 Å². The number of piperidine rings is 1. The van der Waals surface area contributed by atoms with Gasteiger partial charge in [0.1, 0.15) is 0 Å². The normalized spacial score (nSPS) is 20.8. The number of benzene rings is 2. The average Bonchev–Trinajstić information content (AvgIpc) is 3.01. The lowest BCUT2D eigenvalue weighted by Gasteiger charge is -2.21. The maximum absolute atomic E-state index is 3.65. The number of nitrogens with one attached hydrogen (secondary N) is 1. The molecule has 2 aliphatic rings. The molecule has 2 aromatic rings. The molecular formula is C23H23N. The molecule has 1 nitrogen and oxygen atoms in total. The molecule has 0 amide bonds. The lowest BCUT2D eigenvalue weighted by Crippen LogP contribution is -2.21. The van der Waals surface area contributed by atoms with E-state index in [4.69, 9.17) is 0 Å². The van der Waals surface area contributed by atoms with E-state index in [1.165, 1.54) is 52.0 Å². The number of rotatable bonds is 2. The molecule has 0 unspecified atom stereocenters. The predicted octanol–water partition coefficient (Wildman–Crippen LogP) is 5.58. The number of hydrogen-bond donors (Lipinski definition) is 1. The molecule has 0 bridgehead atoms. The van der Waals surface area contributed by atoms with Crippen LogP contribution in [0.1, 0.15) is 37.3 Å². The van der Waals surface area contributed by atoms with Gasteiger partial charge < -0.3 is 5.32 Å². The molecule has 4 rings (SSSR count). The predicted molar refractivity (Wildman–Crippen MR) is 102 cm³/mol. The monoisotopic (exact) mass is 313 g/mol. The molecule has 1 aliphatic heterocycles. The highest BCUT2D eigenvalue weighted by molar-refractivity contribution is 6.09. The van der Waals surface area contributed by atoms with Gasteiger partial charge in [0, 0.05) is 17.8 Å². The van der Waals surface area contributed by atoms with E-state index >= 15 is 0 Å². The average molecular weight is 313 g/mol. The molecule has 2 aromatic carbocycles. The van der Waals surface area contributed by atoms with Crippen LogP contribution in [0.3, 0.4) is 0 Å². The SMILES string of the molecule is CC1=CC(=C2CCCCN2)C(c2ccccc2)=C1c1ccccc1. The molecule has 0 aromatic heterocycles. The molecule has 1 heterocycles. The molecule has 24 heavy (non-hydrogen) atoms. The first-order valence-corrected chi connectivity index (χ1v) is 8.86. The topological polar surface area (TPSA) is 12.0 Å². The van der Waals surface area contributed by atoms with Gasteiger partial charge in [-0.15, -0.1) is 0 Å². The summed E-state index contributed by atoms with van der Waals surface area (Å²) in [5.74, 6) is 0. The second-order valence-electron chi connectivity index (χ2n) is 6.59. The summed E-state index contributed by atoms with van der Waals surface area (Å²) in [7, 11) is 0. The van der Waals surface area contributed by atoms with Gasteiger partial charge in [0.05, 0.1) is 0 Å². The van der Waals surface area contributed by atoms with Crippen LogP contribution in [0.25, 0.3) is 11.1 Å². The highest BCUT2D eigenvalue weighted by Gasteiger charge is 2.25. The Morgan fingerprint density at radius 3 is 1.96 bits per heavy atom. The zero-order valence-corrected chi connectivity index (χ0v) is 14.2. The van der Waals surface area contributed by atoms with Crippen LogP contribution in [0.5, 0.6) is 0 Å². The molecule has 1 heteroatoms. The lowest BCUT2D eigenvalue weighted by atomic mass is 9.90. The van der Waals surface area contributed by atoms with Crippen molar-refractivity contribution in [3.8, 4) is 0 Å². The molecule has 0 atom stereocenters. The van der Waals surface area contributed by atoms with Crippen molar-refractivity contribution in [3.63, 3.8) is 0 Å². The number of hydrogen-bond acceptors (Lipinski definition) is 1. The Hall–Kier alpha value is -2.54. The third kappa shape index (κ3) is 2.71. The fourth-order valence-corrected chi connectivity index (χ4v) is 3.80. The van der Waals surface area contributed by atoms with Gasteiger partial charge >= 0.3 is 0 Å². The maximum atomic E-state index is 3.65. The summed E-state index contributed by atoms with van der Waals surface area (Å²) in [6, 6.07) is 21.6. The van der Waals surface area contributed by atoms with Crippen molar-refractivity contribution < 1.29 is 0 Å². The zero-order valence-electron chi connectivity index (χ0n) is 14.2. The maximum Gasteiger partial charge on any atom is 0.0187 e. The highest BCUT2D eigenvalue weighted by Crippen LogP contribution is 2.44. The van der Waals surface area contributed by atoms with E-state index < -0.39 is 0 Å². The second kappa shape index (κ2) is 6.52. The van der Waals surface area contributed by atoms with Crippen molar-refractivity contribution in [3.05, 3.63) is 94.7 Å². The zero-order chi connectivity index (χ0) is 16.4. The van der Waals surface area contributed by atoms with Crippen LogP contribution in [0, 0.1) is 0 Å². The Balaban J connectivity index is 1.95. The molecular weight excluding hydrogens is 290 g/mol. The van der Waals surface area contributed by atoms with Crippen molar-refractivity contribution in [1.82, 2.24) is 5.32 Å². The quantitative estimate of drug-likeness (QED) is 0.762. The van der Waals surface area contributed by atoms with Crippen molar-refractivity contribution in [2.24, 2.45) is 0 Å². The molecule has 0 saturated carbocycles. The fourth-order valence-electron chi connectivity index (χ4n) is 3.80. The van der Waals surface area contributed by atoms with Gasteiger partial charge in [-0.25, -0.2) is 0 Å². The van der Waals surface area contributed by atoms with Crippen LogP contribution in [0.15, 0.2) is 83.6 Å². The van der Waals surface area contributed by atoms with Gasteiger partial charge in [-0.3, -0.25) is 0 Å². The third-order valence-electron chi connectivity index (χ3n) is 4.92. The first-order valence-electron chi connectivity index (χ1n) is 8.86. The summed E-state index contributed by atoms with van der Waals surface area (Å²) in [5, 5.41) is 3.65.